The summed E-state index contributed by atoms with van der Waals surface area (Å²) in [4.78, 5) is 19.6. The molecule has 8 heteroatoms. The Morgan fingerprint density at radius 2 is 2.00 bits per heavy atom. The molecule has 2 aromatic heterocycles. The van der Waals surface area contributed by atoms with Crippen molar-refractivity contribution in [2.75, 3.05) is 13.1 Å². The highest BCUT2D eigenvalue weighted by atomic mass is 16.3. The van der Waals surface area contributed by atoms with Crippen LogP contribution < -0.4 is 0 Å². The minimum atomic E-state index is -0.351. The molecule has 8 nitrogen and oxygen atoms in total. The highest BCUT2D eigenvalue weighted by molar-refractivity contribution is 5.79. The summed E-state index contributed by atoms with van der Waals surface area (Å²) in [5.41, 5.74) is 3.62. The van der Waals surface area contributed by atoms with Crippen molar-refractivity contribution >= 4 is 5.91 Å². The third-order valence-electron chi connectivity index (χ3n) is 8.85. The van der Waals surface area contributed by atoms with Crippen LogP contribution >= 0.6 is 0 Å². The van der Waals surface area contributed by atoms with Gasteiger partial charge in [-0.3, -0.25) is 4.79 Å². The van der Waals surface area contributed by atoms with Crippen LogP contribution in [0.4, 0.5) is 0 Å². The van der Waals surface area contributed by atoms with E-state index in [-0.39, 0.29) is 35.3 Å². The standard InChI is InChI=1S/C25H28N6O2/c32-23-19(22-18-4-2-1-3-17(18)20-12-26-14-31(20)22)11-25(23)7-9-29(10-8-25)24(33)16-5-6-21-28-27-15-30(21)13-16/h1-4,12,14-16,19,22-23,32H,5-11,13H2/t16?,19-,22?,23+/m0/s1. The number of rotatable bonds is 2. The van der Waals surface area contributed by atoms with Gasteiger partial charge in [-0.05, 0) is 31.2 Å². The molecule has 1 N–H and O–H groups in total. The van der Waals surface area contributed by atoms with Gasteiger partial charge in [0.2, 0.25) is 5.91 Å². The van der Waals surface area contributed by atoms with Crippen LogP contribution in [0.3, 0.4) is 0 Å². The molecule has 170 valence electrons. The molecule has 5 heterocycles. The highest BCUT2D eigenvalue weighted by Gasteiger charge is 2.58. The van der Waals surface area contributed by atoms with Crippen molar-refractivity contribution in [2.24, 2.45) is 17.3 Å². The number of benzene rings is 1. The molecule has 2 unspecified atom stereocenters. The molecule has 33 heavy (non-hydrogen) atoms. The Morgan fingerprint density at radius 3 is 2.85 bits per heavy atom. The third-order valence-corrected chi connectivity index (χ3v) is 8.85. The largest absolute Gasteiger partial charge is 0.392 e. The van der Waals surface area contributed by atoms with Crippen LogP contribution in [0, 0.1) is 17.3 Å². The molecule has 0 radical (unpaired) electrons. The van der Waals surface area contributed by atoms with Gasteiger partial charge in [-0.2, -0.15) is 0 Å². The summed E-state index contributed by atoms with van der Waals surface area (Å²) in [6.45, 7) is 2.17. The van der Waals surface area contributed by atoms with E-state index in [4.69, 9.17) is 0 Å². The van der Waals surface area contributed by atoms with Gasteiger partial charge in [0.15, 0.2) is 0 Å². The zero-order valence-electron chi connectivity index (χ0n) is 18.5. The van der Waals surface area contributed by atoms with Crippen molar-refractivity contribution in [3.8, 4) is 11.3 Å². The van der Waals surface area contributed by atoms with E-state index in [2.05, 4.69) is 44.0 Å². The molecule has 4 atom stereocenters. The van der Waals surface area contributed by atoms with Crippen molar-refractivity contribution in [2.45, 2.75) is 50.8 Å². The molecule has 4 aliphatic rings. The minimum Gasteiger partial charge on any atom is -0.392 e. The second-order valence-corrected chi connectivity index (χ2v) is 10.4. The first-order valence-corrected chi connectivity index (χ1v) is 12.1. The Bertz CT molecular complexity index is 1220. The van der Waals surface area contributed by atoms with Crippen LogP contribution in [0.1, 0.15) is 43.1 Å². The summed E-state index contributed by atoms with van der Waals surface area (Å²) < 4.78 is 4.26. The Morgan fingerprint density at radius 1 is 1.15 bits per heavy atom. The van der Waals surface area contributed by atoms with Crippen LogP contribution in [-0.2, 0) is 17.8 Å². The lowest BCUT2D eigenvalue weighted by Crippen LogP contribution is -2.60. The summed E-state index contributed by atoms with van der Waals surface area (Å²) >= 11 is 0. The number of aryl methyl sites for hydroxylation is 1. The third kappa shape index (κ3) is 2.73. The molecule has 3 aromatic rings. The number of carbonyl (C=O) groups excluding carboxylic acids is 1. The summed E-state index contributed by atoms with van der Waals surface area (Å²) in [6.07, 6.45) is 9.64. The Labute approximate surface area is 192 Å². The average molecular weight is 445 g/mol. The van der Waals surface area contributed by atoms with Gasteiger partial charge in [-0.25, -0.2) is 4.98 Å². The van der Waals surface area contributed by atoms with Crippen LogP contribution in [0.15, 0.2) is 43.1 Å². The molecule has 1 aromatic carbocycles. The van der Waals surface area contributed by atoms with Crippen molar-refractivity contribution in [1.29, 1.82) is 0 Å². The van der Waals surface area contributed by atoms with Crippen LogP contribution in [-0.4, -0.2) is 59.4 Å². The fourth-order valence-corrected chi connectivity index (χ4v) is 6.98. The second-order valence-electron chi connectivity index (χ2n) is 10.4. The fraction of sp³-hybridized carbons (Fsp3) is 0.520. The molecule has 1 amide bonds. The molecule has 0 bridgehead atoms. The lowest BCUT2D eigenvalue weighted by molar-refractivity contribution is -0.166. The minimum absolute atomic E-state index is 0.0104. The second kappa shape index (κ2) is 7.00. The smallest absolute Gasteiger partial charge is 0.227 e. The summed E-state index contributed by atoms with van der Waals surface area (Å²) in [6, 6.07) is 8.66. The fourth-order valence-electron chi connectivity index (χ4n) is 6.98. The van der Waals surface area contributed by atoms with E-state index in [0.29, 0.717) is 6.54 Å². The highest BCUT2D eigenvalue weighted by Crippen LogP contribution is 2.59. The Kier molecular flexibility index (Phi) is 4.13. The number of aromatic nitrogens is 5. The molecule has 2 fully saturated rings. The predicted molar refractivity (Wildman–Crippen MR) is 120 cm³/mol. The van der Waals surface area contributed by atoms with E-state index < -0.39 is 0 Å². The van der Waals surface area contributed by atoms with Crippen LogP contribution in [0.5, 0.6) is 0 Å². The van der Waals surface area contributed by atoms with E-state index >= 15 is 0 Å². The summed E-state index contributed by atoms with van der Waals surface area (Å²) in [7, 11) is 0. The van der Waals surface area contributed by atoms with Gasteiger partial charge in [0.1, 0.15) is 12.2 Å². The quantitative estimate of drug-likeness (QED) is 0.655. The molecule has 7 rings (SSSR count). The number of amides is 1. The van der Waals surface area contributed by atoms with E-state index in [1.54, 1.807) is 6.33 Å². The zero-order valence-corrected chi connectivity index (χ0v) is 18.5. The lowest BCUT2D eigenvalue weighted by Gasteiger charge is -2.58. The molecule has 1 aliphatic carbocycles. The maximum atomic E-state index is 13.2. The van der Waals surface area contributed by atoms with E-state index in [0.717, 1.165) is 56.7 Å². The number of carbonyl (C=O) groups is 1. The zero-order chi connectivity index (χ0) is 22.2. The number of hydrogen-bond donors (Lipinski definition) is 1. The first-order chi connectivity index (χ1) is 16.1. The van der Waals surface area contributed by atoms with Crippen molar-refractivity contribution < 1.29 is 9.90 Å². The van der Waals surface area contributed by atoms with Gasteiger partial charge < -0.3 is 19.1 Å². The Hall–Kier alpha value is -3.00. The van der Waals surface area contributed by atoms with Crippen molar-refractivity contribution in [1.82, 2.24) is 29.2 Å². The van der Waals surface area contributed by atoms with Gasteiger partial charge in [0.05, 0.1) is 36.3 Å². The van der Waals surface area contributed by atoms with E-state index in [1.807, 2.05) is 22.0 Å². The number of aliphatic hydroxyl groups is 1. The number of likely N-dealkylation sites (tertiary alicyclic amines) is 1. The van der Waals surface area contributed by atoms with Gasteiger partial charge in [-0.15, -0.1) is 10.2 Å². The molecule has 1 spiro atoms. The van der Waals surface area contributed by atoms with Gasteiger partial charge >= 0.3 is 0 Å². The van der Waals surface area contributed by atoms with Crippen molar-refractivity contribution in [3.63, 3.8) is 0 Å². The van der Waals surface area contributed by atoms with Gasteiger partial charge in [0, 0.05) is 43.0 Å². The SMILES string of the molecule is O=C(C1CCc2nncn2C1)N1CCC2(CC1)C[C@@H](C1c3ccccc3-c3cncn31)[C@H]2O. The monoisotopic (exact) mass is 444 g/mol. The Balaban J connectivity index is 1.04. The van der Waals surface area contributed by atoms with E-state index in [9.17, 15) is 9.90 Å². The number of nitrogens with zero attached hydrogens (tertiary/aromatic N) is 6. The summed E-state index contributed by atoms with van der Waals surface area (Å²) in [5.74, 6) is 1.43. The van der Waals surface area contributed by atoms with Gasteiger partial charge in [-0.1, -0.05) is 24.3 Å². The summed E-state index contributed by atoms with van der Waals surface area (Å²) in [5, 5.41) is 19.5. The number of fused-ring (bicyclic) bond motifs is 4. The lowest BCUT2D eigenvalue weighted by atomic mass is 9.53. The first-order valence-electron chi connectivity index (χ1n) is 12.1. The maximum Gasteiger partial charge on any atom is 0.227 e. The van der Waals surface area contributed by atoms with Crippen LogP contribution in [0.25, 0.3) is 11.3 Å². The van der Waals surface area contributed by atoms with E-state index in [1.165, 1.54) is 11.1 Å². The molecule has 3 aliphatic heterocycles. The molecular formula is C25H28N6O2. The normalized spacial score (nSPS) is 29.3. The number of imidazole rings is 1. The number of hydrogen-bond acceptors (Lipinski definition) is 5. The first kappa shape index (κ1) is 19.5. The molecule has 1 saturated heterocycles. The molecule has 1 saturated carbocycles. The maximum absolute atomic E-state index is 13.2. The van der Waals surface area contributed by atoms with Gasteiger partial charge in [0.25, 0.3) is 0 Å². The average Bonchev–Trinajstić information content (AvgIpc) is 3.58. The number of aliphatic hydroxyl groups excluding tert-OH is 1. The predicted octanol–water partition coefficient (Wildman–Crippen LogP) is 2.30. The topological polar surface area (TPSA) is 89.1 Å². The van der Waals surface area contributed by atoms with Crippen LogP contribution in [0.2, 0.25) is 0 Å². The van der Waals surface area contributed by atoms with Crippen molar-refractivity contribution in [3.05, 3.63) is 54.5 Å². The molecular weight excluding hydrogens is 416 g/mol. The number of piperidine rings is 1.